The van der Waals surface area contributed by atoms with Crippen LogP contribution in [0.1, 0.15) is 38.5 Å². The third-order valence-electron chi connectivity index (χ3n) is 5.61. The van der Waals surface area contributed by atoms with Crippen molar-refractivity contribution in [3.63, 3.8) is 0 Å². The minimum Gasteiger partial charge on any atom is -0.374 e. The molecule has 4 rings (SSSR count). The number of ketones is 1. The van der Waals surface area contributed by atoms with Crippen LogP contribution >= 0.6 is 11.8 Å². The van der Waals surface area contributed by atoms with Crippen molar-refractivity contribution in [3.05, 3.63) is 0 Å². The molecule has 100 valence electrons. The van der Waals surface area contributed by atoms with Gasteiger partial charge in [0, 0.05) is 24.2 Å². The average molecular weight is 266 g/mol. The average Bonchev–Trinajstić information content (AvgIpc) is 2.80. The summed E-state index contributed by atoms with van der Waals surface area (Å²) in [5.41, 5.74) is 0.0742. The molecule has 4 atom stereocenters. The third kappa shape index (κ3) is 1.94. The largest absolute Gasteiger partial charge is 0.374 e. The monoisotopic (exact) mass is 266 g/mol. The lowest BCUT2D eigenvalue weighted by molar-refractivity contribution is -0.137. The molecule has 4 aliphatic rings. The smallest absolute Gasteiger partial charge is 0.139 e. The van der Waals surface area contributed by atoms with Gasteiger partial charge < -0.3 is 4.74 Å². The Morgan fingerprint density at radius 1 is 1.17 bits per heavy atom. The van der Waals surface area contributed by atoms with Crippen LogP contribution in [0.2, 0.25) is 0 Å². The van der Waals surface area contributed by atoms with Crippen molar-refractivity contribution in [3.8, 4) is 0 Å². The molecule has 2 heterocycles. The first-order chi connectivity index (χ1) is 8.76. The SMILES string of the molecule is O=C(C1CC2CC2C1)C1CCOC2(CCSC2)C1. The summed E-state index contributed by atoms with van der Waals surface area (Å²) < 4.78 is 6.03. The lowest BCUT2D eigenvalue weighted by Crippen LogP contribution is -2.43. The summed E-state index contributed by atoms with van der Waals surface area (Å²) in [6.07, 6.45) is 7.00. The Morgan fingerprint density at radius 3 is 2.72 bits per heavy atom. The maximum Gasteiger partial charge on any atom is 0.139 e. The normalized spacial score (nSPS) is 50.4. The minimum atomic E-state index is 0.0742. The standard InChI is InChI=1S/C15H22O2S/c16-14(13-6-11-5-12(11)7-13)10-1-3-17-15(8-10)2-4-18-9-15/h10-13H,1-9H2. The molecule has 2 aliphatic heterocycles. The molecule has 4 fully saturated rings. The number of rotatable bonds is 2. The second kappa shape index (κ2) is 4.24. The van der Waals surface area contributed by atoms with E-state index in [-0.39, 0.29) is 5.60 Å². The van der Waals surface area contributed by atoms with Gasteiger partial charge in [0.25, 0.3) is 0 Å². The number of hydrogen-bond donors (Lipinski definition) is 0. The molecule has 0 aromatic heterocycles. The lowest BCUT2D eigenvalue weighted by Gasteiger charge is -2.38. The molecule has 0 aromatic rings. The van der Waals surface area contributed by atoms with Crippen molar-refractivity contribution in [2.75, 3.05) is 18.1 Å². The van der Waals surface area contributed by atoms with Crippen molar-refractivity contribution in [2.45, 2.75) is 44.1 Å². The van der Waals surface area contributed by atoms with E-state index in [2.05, 4.69) is 0 Å². The van der Waals surface area contributed by atoms with Crippen LogP contribution in [-0.2, 0) is 9.53 Å². The van der Waals surface area contributed by atoms with Crippen LogP contribution in [-0.4, -0.2) is 29.5 Å². The summed E-state index contributed by atoms with van der Waals surface area (Å²) >= 11 is 2.00. The molecule has 4 unspecified atom stereocenters. The minimum absolute atomic E-state index is 0.0742. The number of ether oxygens (including phenoxy) is 1. The number of carbonyl (C=O) groups excluding carboxylic acids is 1. The second-order valence-corrected chi connectivity index (χ2v) is 7.96. The molecule has 0 aromatic carbocycles. The zero-order valence-corrected chi connectivity index (χ0v) is 11.7. The van der Waals surface area contributed by atoms with Crippen LogP contribution < -0.4 is 0 Å². The zero-order chi connectivity index (χ0) is 12.2. The third-order valence-corrected chi connectivity index (χ3v) is 6.83. The number of hydrogen-bond acceptors (Lipinski definition) is 3. The molecule has 1 spiro atoms. The van der Waals surface area contributed by atoms with E-state index < -0.39 is 0 Å². The van der Waals surface area contributed by atoms with Crippen LogP contribution in [0, 0.1) is 23.7 Å². The van der Waals surface area contributed by atoms with Gasteiger partial charge in [-0.3, -0.25) is 4.79 Å². The van der Waals surface area contributed by atoms with Crippen LogP contribution in [0.3, 0.4) is 0 Å². The van der Waals surface area contributed by atoms with Crippen molar-refractivity contribution in [1.29, 1.82) is 0 Å². The van der Waals surface area contributed by atoms with Crippen molar-refractivity contribution < 1.29 is 9.53 Å². The number of Topliss-reactive ketones (excluding diaryl/α,β-unsaturated/α-hetero) is 1. The van der Waals surface area contributed by atoms with Crippen LogP contribution in [0.5, 0.6) is 0 Å². The van der Waals surface area contributed by atoms with Crippen LogP contribution in [0.15, 0.2) is 0 Å². The molecule has 0 radical (unpaired) electrons. The van der Waals surface area contributed by atoms with E-state index in [1.165, 1.54) is 25.0 Å². The van der Waals surface area contributed by atoms with Gasteiger partial charge >= 0.3 is 0 Å². The van der Waals surface area contributed by atoms with Gasteiger partial charge in [-0.2, -0.15) is 11.8 Å². The Labute approximate surface area is 113 Å². The van der Waals surface area contributed by atoms with Gasteiger partial charge in [0.2, 0.25) is 0 Å². The summed E-state index contributed by atoms with van der Waals surface area (Å²) in [6.45, 7) is 0.816. The van der Waals surface area contributed by atoms with Gasteiger partial charge in [-0.25, -0.2) is 0 Å². The van der Waals surface area contributed by atoms with E-state index in [1.807, 2.05) is 11.8 Å². The van der Waals surface area contributed by atoms with Crippen LogP contribution in [0.25, 0.3) is 0 Å². The summed E-state index contributed by atoms with van der Waals surface area (Å²) in [5, 5.41) is 0. The summed E-state index contributed by atoms with van der Waals surface area (Å²) in [5.74, 6) is 5.52. The summed E-state index contributed by atoms with van der Waals surface area (Å²) in [6, 6.07) is 0. The molecule has 18 heavy (non-hydrogen) atoms. The van der Waals surface area contributed by atoms with Gasteiger partial charge in [0.05, 0.1) is 5.60 Å². The van der Waals surface area contributed by atoms with E-state index in [4.69, 9.17) is 4.74 Å². The highest BCUT2D eigenvalue weighted by atomic mass is 32.2. The Kier molecular flexibility index (Phi) is 2.77. The Morgan fingerprint density at radius 2 is 2.00 bits per heavy atom. The van der Waals surface area contributed by atoms with Crippen molar-refractivity contribution >= 4 is 17.5 Å². The van der Waals surface area contributed by atoms with E-state index in [1.54, 1.807) is 0 Å². The highest BCUT2D eigenvalue weighted by molar-refractivity contribution is 7.99. The van der Waals surface area contributed by atoms with Crippen molar-refractivity contribution in [2.24, 2.45) is 23.7 Å². The molecule has 2 aliphatic carbocycles. The molecular weight excluding hydrogens is 244 g/mol. The fourth-order valence-electron chi connectivity index (χ4n) is 4.41. The van der Waals surface area contributed by atoms with Gasteiger partial charge in [0.15, 0.2) is 0 Å². The molecule has 2 saturated heterocycles. The molecule has 2 nitrogen and oxygen atoms in total. The first-order valence-electron chi connectivity index (χ1n) is 7.51. The van der Waals surface area contributed by atoms with E-state index in [9.17, 15) is 4.79 Å². The van der Waals surface area contributed by atoms with Crippen molar-refractivity contribution in [1.82, 2.24) is 0 Å². The predicted octanol–water partition coefficient (Wildman–Crippen LogP) is 2.90. The number of carbonyl (C=O) groups is 1. The molecule has 2 saturated carbocycles. The summed E-state index contributed by atoms with van der Waals surface area (Å²) in [4.78, 5) is 12.6. The van der Waals surface area contributed by atoms with E-state index in [0.29, 0.717) is 17.6 Å². The van der Waals surface area contributed by atoms with E-state index >= 15 is 0 Å². The van der Waals surface area contributed by atoms with Gasteiger partial charge in [-0.15, -0.1) is 0 Å². The fourth-order valence-corrected chi connectivity index (χ4v) is 5.79. The molecule has 0 N–H and O–H groups in total. The first kappa shape index (κ1) is 11.8. The van der Waals surface area contributed by atoms with Gasteiger partial charge in [-0.05, 0) is 56.1 Å². The van der Waals surface area contributed by atoms with Gasteiger partial charge in [-0.1, -0.05) is 0 Å². The Hall–Kier alpha value is -0.0200. The van der Waals surface area contributed by atoms with Crippen LogP contribution in [0.4, 0.5) is 0 Å². The highest BCUT2D eigenvalue weighted by Crippen LogP contribution is 2.55. The topological polar surface area (TPSA) is 26.3 Å². The first-order valence-corrected chi connectivity index (χ1v) is 8.67. The molecular formula is C15H22O2S. The Bertz CT molecular complexity index is 352. The van der Waals surface area contributed by atoms with Gasteiger partial charge in [0.1, 0.15) is 5.78 Å². The quantitative estimate of drug-likeness (QED) is 0.769. The zero-order valence-electron chi connectivity index (χ0n) is 10.9. The predicted molar refractivity (Wildman–Crippen MR) is 72.7 cm³/mol. The maximum atomic E-state index is 12.6. The number of thioether (sulfide) groups is 1. The fraction of sp³-hybridized carbons (Fsp3) is 0.933. The maximum absolute atomic E-state index is 12.6. The molecule has 3 heteroatoms. The Balaban J connectivity index is 1.42. The van der Waals surface area contributed by atoms with E-state index in [0.717, 1.165) is 43.5 Å². The summed E-state index contributed by atoms with van der Waals surface area (Å²) in [7, 11) is 0. The molecule has 0 amide bonds. The second-order valence-electron chi connectivity index (χ2n) is 6.85. The highest BCUT2D eigenvalue weighted by Gasteiger charge is 2.50. The molecule has 0 bridgehead atoms. The number of fused-ring (bicyclic) bond motifs is 1. The lowest BCUT2D eigenvalue weighted by atomic mass is 9.78.